The van der Waals surface area contributed by atoms with Gasteiger partial charge in [0.25, 0.3) is 0 Å². The fourth-order valence-electron chi connectivity index (χ4n) is 3.86. The molecule has 0 spiro atoms. The van der Waals surface area contributed by atoms with E-state index >= 15 is 0 Å². The van der Waals surface area contributed by atoms with Crippen LogP contribution in [0.4, 0.5) is 0 Å². The molecule has 0 aromatic carbocycles. The Labute approximate surface area is 157 Å². The maximum Gasteiger partial charge on any atom is 0.160 e. The number of halogens is 1. The molecule has 1 N–H and O–H groups in total. The van der Waals surface area contributed by atoms with Crippen LogP contribution < -0.4 is 5.32 Å². The number of aryl methyl sites for hydroxylation is 1. The topological polar surface area (TPSA) is 60.0 Å². The van der Waals surface area contributed by atoms with Crippen LogP contribution in [0.5, 0.6) is 0 Å². The molecule has 1 fully saturated rings. The van der Waals surface area contributed by atoms with Gasteiger partial charge < -0.3 is 9.88 Å². The first-order valence-corrected chi connectivity index (χ1v) is 8.80. The molecule has 0 aliphatic carbocycles. The Morgan fingerprint density at radius 3 is 2.92 bits per heavy atom. The van der Waals surface area contributed by atoms with Crippen LogP contribution in [0.1, 0.15) is 24.7 Å². The van der Waals surface area contributed by atoms with Crippen molar-refractivity contribution in [3.8, 4) is 11.3 Å². The Bertz CT molecular complexity index is 1060. The van der Waals surface area contributed by atoms with Crippen LogP contribution in [-0.2, 0) is 0 Å². The second-order valence-corrected chi connectivity index (χ2v) is 6.66. The molecule has 5 rings (SSSR count). The van der Waals surface area contributed by atoms with Gasteiger partial charge in [0.1, 0.15) is 11.3 Å². The van der Waals surface area contributed by atoms with E-state index < -0.39 is 0 Å². The van der Waals surface area contributed by atoms with Crippen LogP contribution >= 0.6 is 12.4 Å². The van der Waals surface area contributed by atoms with Gasteiger partial charge in [0.2, 0.25) is 0 Å². The zero-order chi connectivity index (χ0) is 16.8. The summed E-state index contributed by atoms with van der Waals surface area (Å²) in [5.41, 5.74) is 4.99. The molecule has 0 radical (unpaired) electrons. The van der Waals surface area contributed by atoms with Gasteiger partial charge >= 0.3 is 0 Å². The van der Waals surface area contributed by atoms with Crippen molar-refractivity contribution in [2.75, 3.05) is 13.1 Å². The highest BCUT2D eigenvalue weighted by Gasteiger charge is 2.21. The first-order valence-electron chi connectivity index (χ1n) is 8.80. The van der Waals surface area contributed by atoms with Gasteiger partial charge in [-0.3, -0.25) is 0 Å². The second-order valence-electron chi connectivity index (χ2n) is 6.66. The average molecular weight is 369 g/mol. The first-order chi connectivity index (χ1) is 12.3. The van der Waals surface area contributed by atoms with E-state index in [2.05, 4.69) is 34.0 Å². The molecule has 6 nitrogen and oxygen atoms in total. The summed E-state index contributed by atoms with van der Waals surface area (Å²) in [5.74, 6) is 1.04. The number of rotatable bonds is 2. The van der Waals surface area contributed by atoms with E-state index in [-0.39, 0.29) is 12.4 Å². The lowest BCUT2D eigenvalue weighted by Gasteiger charge is -2.25. The zero-order valence-electron chi connectivity index (χ0n) is 14.6. The van der Waals surface area contributed by atoms with Crippen molar-refractivity contribution in [3.63, 3.8) is 0 Å². The molecule has 5 heterocycles. The Kier molecular flexibility index (Phi) is 4.38. The van der Waals surface area contributed by atoms with Gasteiger partial charge in [-0.05, 0) is 50.6 Å². The number of pyridine rings is 2. The fourth-order valence-corrected chi connectivity index (χ4v) is 3.86. The molecule has 0 amide bonds. The van der Waals surface area contributed by atoms with Gasteiger partial charge in [-0.1, -0.05) is 6.07 Å². The third kappa shape index (κ3) is 2.66. The van der Waals surface area contributed by atoms with Crippen molar-refractivity contribution in [2.45, 2.75) is 25.8 Å². The Balaban J connectivity index is 0.00000168. The lowest BCUT2D eigenvalue weighted by atomic mass is 10.1. The Hall–Kier alpha value is -2.44. The van der Waals surface area contributed by atoms with E-state index in [9.17, 15) is 0 Å². The maximum atomic E-state index is 4.98. The largest absolute Gasteiger partial charge is 0.315 e. The molecule has 4 aromatic heterocycles. The molecule has 134 valence electrons. The molecule has 26 heavy (non-hydrogen) atoms. The van der Waals surface area contributed by atoms with Crippen LogP contribution in [0, 0.1) is 6.92 Å². The van der Waals surface area contributed by atoms with E-state index in [1.807, 2.05) is 35.1 Å². The first kappa shape index (κ1) is 17.0. The lowest BCUT2D eigenvalue weighted by molar-refractivity contribution is 0.372. The average Bonchev–Trinajstić information content (AvgIpc) is 3.22. The molecule has 4 aromatic rings. The molecule has 0 bridgehead atoms. The number of aromatic nitrogens is 5. The van der Waals surface area contributed by atoms with Crippen LogP contribution in [0.2, 0.25) is 0 Å². The summed E-state index contributed by atoms with van der Waals surface area (Å²) in [7, 11) is 0. The van der Waals surface area contributed by atoms with Crippen LogP contribution in [-0.4, -0.2) is 37.2 Å². The van der Waals surface area contributed by atoms with Crippen molar-refractivity contribution >= 4 is 29.1 Å². The van der Waals surface area contributed by atoms with Gasteiger partial charge in [-0.2, -0.15) is 5.10 Å². The van der Waals surface area contributed by atoms with Crippen molar-refractivity contribution in [1.82, 2.24) is 29.5 Å². The molecule has 7 heteroatoms. The smallest absolute Gasteiger partial charge is 0.160 e. The van der Waals surface area contributed by atoms with Crippen molar-refractivity contribution < 1.29 is 0 Å². The van der Waals surface area contributed by atoms with Gasteiger partial charge in [0.05, 0.1) is 17.4 Å². The van der Waals surface area contributed by atoms with E-state index in [0.29, 0.717) is 6.04 Å². The quantitative estimate of drug-likeness (QED) is 0.589. The van der Waals surface area contributed by atoms with E-state index in [1.54, 1.807) is 0 Å². The molecular weight excluding hydrogens is 348 g/mol. The highest BCUT2D eigenvalue weighted by molar-refractivity contribution is 5.85. The summed E-state index contributed by atoms with van der Waals surface area (Å²) in [4.78, 5) is 9.71. The summed E-state index contributed by atoms with van der Waals surface area (Å²) in [5, 5.41) is 7.93. The fraction of sp³-hybridized carbons (Fsp3) is 0.316. The summed E-state index contributed by atoms with van der Waals surface area (Å²) < 4.78 is 4.19. The minimum Gasteiger partial charge on any atom is -0.315 e. The summed E-state index contributed by atoms with van der Waals surface area (Å²) >= 11 is 0. The standard InChI is InChI=1S/C19H20N6.ClH/c1-13-22-17-8-7-16(15-12-21-24-10-3-2-6-18(15)24)23-19(17)25(13)14-5-4-9-20-11-14;/h2-3,6-8,10,12,14,20H,4-5,9,11H2,1H3;1H/t14-;/m0./s1. The summed E-state index contributed by atoms with van der Waals surface area (Å²) in [6, 6.07) is 10.6. The number of imidazole rings is 1. The number of fused-ring (bicyclic) bond motifs is 2. The number of nitrogens with one attached hydrogen (secondary N) is 1. The normalized spacial score (nSPS) is 17.5. The van der Waals surface area contributed by atoms with Crippen molar-refractivity contribution in [1.29, 1.82) is 0 Å². The van der Waals surface area contributed by atoms with E-state index in [1.165, 1.54) is 12.8 Å². The zero-order valence-corrected chi connectivity index (χ0v) is 15.4. The molecule has 1 saturated heterocycles. The van der Waals surface area contributed by atoms with E-state index in [4.69, 9.17) is 9.97 Å². The van der Waals surface area contributed by atoms with Gasteiger partial charge in [-0.25, -0.2) is 14.5 Å². The Morgan fingerprint density at radius 1 is 1.15 bits per heavy atom. The molecule has 1 aliphatic heterocycles. The maximum absolute atomic E-state index is 4.98. The molecule has 1 atom stereocenters. The third-order valence-corrected chi connectivity index (χ3v) is 5.05. The third-order valence-electron chi connectivity index (χ3n) is 5.05. The van der Waals surface area contributed by atoms with Crippen molar-refractivity contribution in [2.24, 2.45) is 0 Å². The second kappa shape index (κ2) is 6.70. The Morgan fingerprint density at radius 2 is 2.08 bits per heavy atom. The summed E-state index contributed by atoms with van der Waals surface area (Å²) in [6.07, 6.45) is 6.21. The van der Waals surface area contributed by atoms with Gasteiger partial charge in [-0.15, -0.1) is 12.4 Å². The van der Waals surface area contributed by atoms with Crippen molar-refractivity contribution in [3.05, 3.63) is 48.5 Å². The summed E-state index contributed by atoms with van der Waals surface area (Å²) in [6.45, 7) is 4.16. The van der Waals surface area contributed by atoms with Crippen LogP contribution in [0.15, 0.2) is 42.7 Å². The highest BCUT2D eigenvalue weighted by Crippen LogP contribution is 2.28. The molecular formula is C19H21ClN6. The minimum atomic E-state index is 0. The minimum absolute atomic E-state index is 0. The monoisotopic (exact) mass is 368 g/mol. The number of hydrogen-bond donors (Lipinski definition) is 1. The van der Waals surface area contributed by atoms with Gasteiger partial charge in [0.15, 0.2) is 5.65 Å². The predicted molar refractivity (Wildman–Crippen MR) is 105 cm³/mol. The highest BCUT2D eigenvalue weighted by atomic mass is 35.5. The molecule has 0 unspecified atom stereocenters. The SMILES string of the molecule is Cc1nc2ccc(-c3cnn4ccccc34)nc2n1[C@H]1CCCNC1.Cl. The van der Waals surface area contributed by atoms with Crippen LogP contribution in [0.3, 0.4) is 0 Å². The number of nitrogens with zero attached hydrogens (tertiary/aromatic N) is 5. The van der Waals surface area contributed by atoms with Crippen LogP contribution in [0.25, 0.3) is 27.9 Å². The van der Waals surface area contributed by atoms with Gasteiger partial charge in [0, 0.05) is 24.3 Å². The number of piperidine rings is 1. The molecule has 0 saturated carbocycles. The lowest BCUT2D eigenvalue weighted by Crippen LogP contribution is -2.32. The molecule has 1 aliphatic rings. The predicted octanol–water partition coefficient (Wildman–Crippen LogP) is 3.40. The van der Waals surface area contributed by atoms with E-state index in [0.717, 1.165) is 46.9 Å². The number of hydrogen-bond acceptors (Lipinski definition) is 4.